The minimum absolute atomic E-state index is 0.195. The summed E-state index contributed by atoms with van der Waals surface area (Å²) < 4.78 is 0. The van der Waals surface area contributed by atoms with Crippen molar-refractivity contribution in [1.82, 2.24) is 15.7 Å². The maximum Gasteiger partial charge on any atom is 0.329 e. The zero-order valence-corrected chi connectivity index (χ0v) is 13.3. The van der Waals surface area contributed by atoms with Gasteiger partial charge in [-0.05, 0) is 23.8 Å². The Morgan fingerprint density at radius 2 is 1.87 bits per heavy atom. The second kappa shape index (κ2) is 8.26. The Hall–Kier alpha value is -2.44. The summed E-state index contributed by atoms with van der Waals surface area (Å²) in [6.45, 7) is 0.195. The second-order valence-corrected chi connectivity index (χ2v) is 5.19. The molecular formula is C15H12Cl2N4O2. The van der Waals surface area contributed by atoms with Crippen LogP contribution in [0.15, 0.2) is 47.8 Å². The first-order valence-electron chi connectivity index (χ1n) is 6.52. The average Bonchev–Trinajstić information content (AvgIpc) is 2.56. The third kappa shape index (κ3) is 5.05. The fraction of sp³-hybridized carbons (Fsp3) is 0.0667. The highest BCUT2D eigenvalue weighted by atomic mass is 35.5. The number of aromatic nitrogens is 1. The first kappa shape index (κ1) is 16.9. The molecule has 0 fully saturated rings. The molecule has 0 atom stereocenters. The standard InChI is InChI=1S/C15H12Cl2N4O2/c16-12-4-1-5-13(17)11(12)9-20-21-15(23)14(22)19-8-10-3-2-6-18-7-10/h1-7,9H,8H2,(H,19,22)(H,21,23). The maximum absolute atomic E-state index is 11.6. The van der Waals surface area contributed by atoms with Crippen molar-refractivity contribution in [3.8, 4) is 0 Å². The van der Waals surface area contributed by atoms with Crippen LogP contribution in [0, 0.1) is 0 Å². The highest BCUT2D eigenvalue weighted by Crippen LogP contribution is 2.21. The molecule has 2 N–H and O–H groups in total. The number of halogens is 2. The van der Waals surface area contributed by atoms with Crippen LogP contribution in [0.4, 0.5) is 0 Å². The molecule has 6 nitrogen and oxygen atoms in total. The van der Waals surface area contributed by atoms with Gasteiger partial charge in [0.1, 0.15) is 0 Å². The second-order valence-electron chi connectivity index (χ2n) is 4.38. The number of nitrogens with zero attached hydrogens (tertiary/aromatic N) is 2. The molecule has 118 valence electrons. The third-order valence-corrected chi connectivity index (χ3v) is 3.40. The molecule has 2 rings (SSSR count). The molecule has 0 spiro atoms. The van der Waals surface area contributed by atoms with E-state index in [0.29, 0.717) is 15.6 Å². The Morgan fingerprint density at radius 1 is 1.13 bits per heavy atom. The summed E-state index contributed by atoms with van der Waals surface area (Å²) in [5.41, 5.74) is 3.34. The van der Waals surface area contributed by atoms with E-state index >= 15 is 0 Å². The van der Waals surface area contributed by atoms with Crippen LogP contribution in [-0.4, -0.2) is 23.0 Å². The van der Waals surface area contributed by atoms with Crippen molar-refractivity contribution in [3.63, 3.8) is 0 Å². The molecule has 0 aliphatic carbocycles. The fourth-order valence-electron chi connectivity index (χ4n) is 1.61. The third-order valence-electron chi connectivity index (χ3n) is 2.74. The Kier molecular flexibility index (Phi) is 6.08. The van der Waals surface area contributed by atoms with Crippen LogP contribution in [0.2, 0.25) is 10.0 Å². The van der Waals surface area contributed by atoms with Gasteiger partial charge in [-0.3, -0.25) is 14.6 Å². The van der Waals surface area contributed by atoms with Crippen molar-refractivity contribution in [2.24, 2.45) is 5.10 Å². The SMILES string of the molecule is O=C(NCc1cccnc1)C(=O)NN=Cc1c(Cl)cccc1Cl. The van der Waals surface area contributed by atoms with E-state index in [2.05, 4.69) is 20.8 Å². The van der Waals surface area contributed by atoms with E-state index in [4.69, 9.17) is 23.2 Å². The largest absolute Gasteiger partial charge is 0.344 e. The number of hydrogen-bond donors (Lipinski definition) is 2. The number of pyridine rings is 1. The number of rotatable bonds is 4. The lowest BCUT2D eigenvalue weighted by Gasteiger charge is -2.04. The van der Waals surface area contributed by atoms with Crippen LogP contribution in [0.3, 0.4) is 0 Å². The van der Waals surface area contributed by atoms with Gasteiger partial charge in [-0.2, -0.15) is 5.10 Å². The molecule has 0 bridgehead atoms. The number of amides is 2. The Morgan fingerprint density at radius 3 is 2.52 bits per heavy atom. The number of carbonyl (C=O) groups excluding carboxylic acids is 2. The van der Waals surface area contributed by atoms with Crippen LogP contribution >= 0.6 is 23.2 Å². The van der Waals surface area contributed by atoms with Gasteiger partial charge in [0.2, 0.25) is 0 Å². The predicted molar refractivity (Wildman–Crippen MR) is 88.3 cm³/mol. The van der Waals surface area contributed by atoms with Gasteiger partial charge in [-0.25, -0.2) is 5.43 Å². The van der Waals surface area contributed by atoms with E-state index in [1.807, 2.05) is 0 Å². The maximum atomic E-state index is 11.6. The summed E-state index contributed by atoms with van der Waals surface area (Å²) in [6, 6.07) is 8.48. The molecule has 1 aromatic carbocycles. The minimum atomic E-state index is -0.895. The van der Waals surface area contributed by atoms with E-state index < -0.39 is 11.8 Å². The van der Waals surface area contributed by atoms with Gasteiger partial charge in [0.25, 0.3) is 0 Å². The lowest BCUT2D eigenvalue weighted by molar-refractivity contribution is -0.139. The number of carbonyl (C=O) groups is 2. The summed E-state index contributed by atoms with van der Waals surface area (Å²) in [7, 11) is 0. The van der Waals surface area contributed by atoms with Crippen molar-refractivity contribution < 1.29 is 9.59 Å². The number of nitrogens with one attached hydrogen (secondary N) is 2. The highest BCUT2D eigenvalue weighted by molar-refractivity contribution is 6.38. The van der Waals surface area contributed by atoms with Gasteiger partial charge in [-0.15, -0.1) is 0 Å². The quantitative estimate of drug-likeness (QED) is 0.503. The fourth-order valence-corrected chi connectivity index (χ4v) is 2.10. The average molecular weight is 351 g/mol. The van der Waals surface area contributed by atoms with Gasteiger partial charge in [0.05, 0.1) is 16.3 Å². The lowest BCUT2D eigenvalue weighted by Crippen LogP contribution is -2.37. The number of benzene rings is 1. The summed E-state index contributed by atoms with van der Waals surface area (Å²) in [5, 5.41) is 6.90. The van der Waals surface area contributed by atoms with Crippen LogP contribution in [-0.2, 0) is 16.1 Å². The van der Waals surface area contributed by atoms with Crippen LogP contribution in [0.5, 0.6) is 0 Å². The zero-order chi connectivity index (χ0) is 16.7. The Balaban J connectivity index is 1.86. The zero-order valence-electron chi connectivity index (χ0n) is 11.8. The molecule has 0 aliphatic rings. The van der Waals surface area contributed by atoms with Crippen LogP contribution in [0.1, 0.15) is 11.1 Å². The molecule has 2 amide bonds. The number of hydrazone groups is 1. The molecule has 8 heteroatoms. The summed E-state index contributed by atoms with van der Waals surface area (Å²) in [6.07, 6.45) is 4.49. The Bertz CT molecular complexity index is 715. The normalized spacial score (nSPS) is 10.5. The first-order valence-corrected chi connectivity index (χ1v) is 7.27. The molecule has 23 heavy (non-hydrogen) atoms. The van der Waals surface area contributed by atoms with Crippen molar-refractivity contribution in [1.29, 1.82) is 0 Å². The van der Waals surface area contributed by atoms with E-state index in [9.17, 15) is 9.59 Å². The van der Waals surface area contributed by atoms with Crippen LogP contribution in [0.25, 0.3) is 0 Å². The molecule has 0 radical (unpaired) electrons. The monoisotopic (exact) mass is 350 g/mol. The molecule has 0 unspecified atom stereocenters. The van der Waals surface area contributed by atoms with Gasteiger partial charge in [0.15, 0.2) is 0 Å². The van der Waals surface area contributed by atoms with Crippen molar-refractivity contribution >= 4 is 41.2 Å². The predicted octanol–water partition coefficient (Wildman–Crippen LogP) is 2.15. The van der Waals surface area contributed by atoms with E-state index in [1.165, 1.54) is 6.21 Å². The molecule has 0 aliphatic heterocycles. The number of hydrogen-bond acceptors (Lipinski definition) is 4. The van der Waals surface area contributed by atoms with Gasteiger partial charge in [0, 0.05) is 24.5 Å². The van der Waals surface area contributed by atoms with Crippen LogP contribution < -0.4 is 10.7 Å². The highest BCUT2D eigenvalue weighted by Gasteiger charge is 2.12. The molecular weight excluding hydrogens is 339 g/mol. The molecule has 1 aromatic heterocycles. The molecule has 0 saturated heterocycles. The lowest BCUT2D eigenvalue weighted by atomic mass is 10.2. The van der Waals surface area contributed by atoms with E-state index in [1.54, 1.807) is 42.7 Å². The minimum Gasteiger partial charge on any atom is -0.344 e. The summed E-state index contributed by atoms with van der Waals surface area (Å²) >= 11 is 11.9. The Labute approximate surface area is 142 Å². The topological polar surface area (TPSA) is 83.5 Å². The van der Waals surface area contributed by atoms with Gasteiger partial charge >= 0.3 is 11.8 Å². The molecule has 0 saturated carbocycles. The smallest absolute Gasteiger partial charge is 0.329 e. The summed E-state index contributed by atoms with van der Waals surface area (Å²) in [5.74, 6) is -1.70. The van der Waals surface area contributed by atoms with Gasteiger partial charge in [-0.1, -0.05) is 35.3 Å². The molecule has 1 heterocycles. The summed E-state index contributed by atoms with van der Waals surface area (Å²) in [4.78, 5) is 27.1. The van der Waals surface area contributed by atoms with E-state index in [-0.39, 0.29) is 6.54 Å². The first-order chi connectivity index (χ1) is 11.1. The van der Waals surface area contributed by atoms with Gasteiger partial charge < -0.3 is 5.32 Å². The van der Waals surface area contributed by atoms with E-state index in [0.717, 1.165) is 5.56 Å². The van der Waals surface area contributed by atoms with Crippen molar-refractivity contribution in [2.45, 2.75) is 6.54 Å². The van der Waals surface area contributed by atoms with Crippen molar-refractivity contribution in [3.05, 3.63) is 63.9 Å². The molecule has 2 aromatic rings. The van der Waals surface area contributed by atoms with Crippen molar-refractivity contribution in [2.75, 3.05) is 0 Å².